The number of hydrogen-bond donors (Lipinski definition) is 1. The summed E-state index contributed by atoms with van der Waals surface area (Å²) in [6.45, 7) is 0.221. The number of ether oxygens (including phenoxy) is 1. The van der Waals surface area contributed by atoms with Gasteiger partial charge < -0.3 is 15.4 Å². The lowest BCUT2D eigenvalue weighted by Crippen LogP contribution is -2.56. The molecule has 0 bridgehead atoms. The number of nitrogens with two attached hydrogens (primary N) is 1. The molecule has 2 aliphatic heterocycles. The number of hydrogen-bond acceptors (Lipinski definition) is 3. The number of carbonyl (C=O) groups is 1. The number of benzene rings is 1. The summed E-state index contributed by atoms with van der Waals surface area (Å²) >= 11 is 5.91. The summed E-state index contributed by atoms with van der Waals surface area (Å²) < 4.78 is 45.2. The van der Waals surface area contributed by atoms with Crippen LogP contribution in [0.2, 0.25) is 5.02 Å². The summed E-state index contributed by atoms with van der Waals surface area (Å²) in [7, 11) is 0. The van der Waals surface area contributed by atoms with Crippen LogP contribution in [0.5, 0.6) is 0 Å². The van der Waals surface area contributed by atoms with Gasteiger partial charge in [-0.05, 0) is 36.1 Å². The fraction of sp³-hybridized carbons (Fsp3) is 0.562. The van der Waals surface area contributed by atoms with Crippen LogP contribution in [-0.2, 0) is 16.1 Å². The average molecular weight is 363 g/mol. The highest BCUT2D eigenvalue weighted by molar-refractivity contribution is 6.30. The number of nitrogens with zero attached hydrogens (tertiary/aromatic N) is 1. The van der Waals surface area contributed by atoms with Crippen molar-refractivity contribution < 1.29 is 22.7 Å². The van der Waals surface area contributed by atoms with Gasteiger partial charge in [0.05, 0.1) is 19.1 Å². The van der Waals surface area contributed by atoms with Gasteiger partial charge >= 0.3 is 6.18 Å². The standard InChI is InChI=1S/C16H18ClF3N2O2/c17-10-1-3-12-9(5-10)8-24-13(12)6-15(23)22-7-11(21)2-4-14(22)16(18,19)20/h1,3,5,11,13-14H,2,4,6-8,21H2. The van der Waals surface area contributed by atoms with Gasteiger partial charge in [-0.15, -0.1) is 0 Å². The van der Waals surface area contributed by atoms with Crippen molar-refractivity contribution in [2.24, 2.45) is 5.73 Å². The van der Waals surface area contributed by atoms with E-state index in [1.807, 2.05) is 0 Å². The summed E-state index contributed by atoms with van der Waals surface area (Å²) in [6.07, 6.45) is -5.02. The van der Waals surface area contributed by atoms with Crippen molar-refractivity contribution in [1.29, 1.82) is 0 Å². The van der Waals surface area contributed by atoms with Crippen LogP contribution in [0.1, 0.15) is 36.5 Å². The van der Waals surface area contributed by atoms with E-state index >= 15 is 0 Å². The molecular weight excluding hydrogens is 345 g/mol. The minimum atomic E-state index is -4.45. The van der Waals surface area contributed by atoms with E-state index < -0.39 is 30.3 Å². The number of piperidine rings is 1. The Labute approximate surface area is 142 Å². The van der Waals surface area contributed by atoms with Crippen molar-refractivity contribution in [2.45, 2.75) is 50.2 Å². The summed E-state index contributed by atoms with van der Waals surface area (Å²) in [5, 5.41) is 0.559. The zero-order chi connectivity index (χ0) is 17.5. The first-order valence-electron chi connectivity index (χ1n) is 7.77. The van der Waals surface area contributed by atoms with E-state index in [1.165, 1.54) is 0 Å². The van der Waals surface area contributed by atoms with Gasteiger partial charge in [-0.2, -0.15) is 13.2 Å². The number of fused-ring (bicyclic) bond motifs is 1. The van der Waals surface area contributed by atoms with E-state index in [0.717, 1.165) is 16.0 Å². The molecule has 3 rings (SSSR count). The molecule has 0 aliphatic carbocycles. The first-order chi connectivity index (χ1) is 11.3. The van der Waals surface area contributed by atoms with Crippen LogP contribution in [0, 0.1) is 0 Å². The molecule has 24 heavy (non-hydrogen) atoms. The van der Waals surface area contributed by atoms with Crippen molar-refractivity contribution in [3.05, 3.63) is 34.3 Å². The smallest absolute Gasteiger partial charge is 0.368 e. The highest BCUT2D eigenvalue weighted by Gasteiger charge is 2.47. The minimum Gasteiger partial charge on any atom is -0.368 e. The molecule has 1 aromatic rings. The van der Waals surface area contributed by atoms with Crippen molar-refractivity contribution in [1.82, 2.24) is 4.90 Å². The first kappa shape index (κ1) is 17.5. The maximum Gasteiger partial charge on any atom is 0.408 e. The van der Waals surface area contributed by atoms with Crippen LogP contribution in [0.4, 0.5) is 13.2 Å². The molecule has 1 saturated heterocycles. The third kappa shape index (κ3) is 3.53. The lowest BCUT2D eigenvalue weighted by Gasteiger charge is -2.39. The van der Waals surface area contributed by atoms with Crippen molar-refractivity contribution in [2.75, 3.05) is 6.54 Å². The minimum absolute atomic E-state index is 0.0802. The van der Waals surface area contributed by atoms with Crippen LogP contribution in [0.3, 0.4) is 0 Å². The number of alkyl halides is 3. The van der Waals surface area contributed by atoms with Gasteiger partial charge in [-0.3, -0.25) is 4.79 Å². The molecule has 1 aromatic carbocycles. The molecule has 2 N–H and O–H groups in total. The van der Waals surface area contributed by atoms with Crippen LogP contribution < -0.4 is 5.73 Å². The second-order valence-corrected chi connectivity index (χ2v) is 6.72. The lowest BCUT2D eigenvalue weighted by molar-refractivity contribution is -0.197. The summed E-state index contributed by atoms with van der Waals surface area (Å²) in [4.78, 5) is 13.4. The van der Waals surface area contributed by atoms with E-state index in [-0.39, 0.29) is 25.8 Å². The molecule has 3 unspecified atom stereocenters. The highest BCUT2D eigenvalue weighted by Crippen LogP contribution is 2.37. The second kappa shape index (κ2) is 6.54. The zero-order valence-corrected chi connectivity index (χ0v) is 13.6. The van der Waals surface area contributed by atoms with Crippen molar-refractivity contribution >= 4 is 17.5 Å². The Morgan fingerprint density at radius 3 is 2.83 bits per heavy atom. The number of likely N-dealkylation sites (tertiary alicyclic amines) is 1. The summed E-state index contributed by atoms with van der Waals surface area (Å²) in [5.74, 6) is -0.583. The Kier molecular flexibility index (Phi) is 4.77. The van der Waals surface area contributed by atoms with E-state index in [1.54, 1.807) is 18.2 Å². The quantitative estimate of drug-likeness (QED) is 0.879. The predicted octanol–water partition coefficient (Wildman–Crippen LogP) is 3.18. The average Bonchev–Trinajstić information content (AvgIpc) is 2.88. The number of rotatable bonds is 2. The summed E-state index contributed by atoms with van der Waals surface area (Å²) in [5.41, 5.74) is 7.43. The molecule has 0 radical (unpaired) electrons. The second-order valence-electron chi connectivity index (χ2n) is 6.29. The molecule has 0 spiro atoms. The number of carbonyl (C=O) groups excluding carboxylic acids is 1. The van der Waals surface area contributed by atoms with E-state index in [0.29, 0.717) is 11.6 Å². The van der Waals surface area contributed by atoms with Gasteiger partial charge in [0, 0.05) is 17.6 Å². The summed E-state index contributed by atoms with van der Waals surface area (Å²) in [6, 6.07) is 2.99. The molecule has 3 atom stereocenters. The molecule has 4 nitrogen and oxygen atoms in total. The van der Waals surface area contributed by atoms with Gasteiger partial charge in [0.1, 0.15) is 6.04 Å². The molecule has 132 valence electrons. The first-order valence-corrected chi connectivity index (χ1v) is 8.15. The largest absolute Gasteiger partial charge is 0.408 e. The highest BCUT2D eigenvalue weighted by atomic mass is 35.5. The Balaban J connectivity index is 1.74. The SMILES string of the molecule is NC1CCC(C(F)(F)F)N(C(=O)CC2OCc3cc(Cl)ccc32)C1. The van der Waals surface area contributed by atoms with Gasteiger partial charge in [0.25, 0.3) is 0 Å². The van der Waals surface area contributed by atoms with E-state index in [2.05, 4.69) is 0 Å². The Morgan fingerprint density at radius 1 is 1.38 bits per heavy atom. The monoisotopic (exact) mass is 362 g/mol. The van der Waals surface area contributed by atoms with Crippen LogP contribution in [0.15, 0.2) is 18.2 Å². The maximum absolute atomic E-state index is 13.2. The third-order valence-corrected chi connectivity index (χ3v) is 4.80. The van der Waals surface area contributed by atoms with Gasteiger partial charge in [0.15, 0.2) is 0 Å². The van der Waals surface area contributed by atoms with Crippen molar-refractivity contribution in [3.8, 4) is 0 Å². The topological polar surface area (TPSA) is 55.6 Å². The Morgan fingerprint density at radius 2 is 2.12 bits per heavy atom. The number of amides is 1. The Bertz CT molecular complexity index is 638. The van der Waals surface area contributed by atoms with Crippen molar-refractivity contribution in [3.63, 3.8) is 0 Å². The predicted molar refractivity (Wildman–Crippen MR) is 82.4 cm³/mol. The molecule has 0 saturated carbocycles. The zero-order valence-electron chi connectivity index (χ0n) is 12.9. The fourth-order valence-electron chi connectivity index (χ4n) is 3.35. The number of halogens is 4. The molecule has 1 fully saturated rings. The van der Waals surface area contributed by atoms with E-state index in [4.69, 9.17) is 22.1 Å². The molecule has 8 heteroatoms. The van der Waals surface area contributed by atoms with Crippen LogP contribution >= 0.6 is 11.6 Å². The van der Waals surface area contributed by atoms with Gasteiger partial charge in [-0.1, -0.05) is 17.7 Å². The van der Waals surface area contributed by atoms with Gasteiger partial charge in [-0.25, -0.2) is 0 Å². The molecule has 2 heterocycles. The van der Waals surface area contributed by atoms with Crippen LogP contribution in [0.25, 0.3) is 0 Å². The molecule has 1 amide bonds. The Hall–Kier alpha value is -1.31. The normalized spacial score (nSPS) is 27.2. The lowest BCUT2D eigenvalue weighted by atomic mass is 9.96. The maximum atomic E-state index is 13.2. The molecule has 2 aliphatic rings. The van der Waals surface area contributed by atoms with Gasteiger partial charge in [0.2, 0.25) is 5.91 Å². The molecule has 0 aromatic heterocycles. The fourth-order valence-corrected chi connectivity index (χ4v) is 3.55. The van der Waals surface area contributed by atoms with E-state index in [9.17, 15) is 18.0 Å². The third-order valence-electron chi connectivity index (χ3n) is 4.57. The molecular formula is C16H18ClF3N2O2. The van der Waals surface area contributed by atoms with Crippen LogP contribution in [-0.4, -0.2) is 35.6 Å².